The third-order valence-electron chi connectivity index (χ3n) is 2.24. The number of thioether (sulfide) groups is 1. The van der Waals surface area contributed by atoms with Crippen LogP contribution in [0.2, 0.25) is 0 Å². The van der Waals surface area contributed by atoms with Crippen molar-refractivity contribution in [3.63, 3.8) is 0 Å². The molecule has 3 N–H and O–H groups in total. The molecule has 0 spiro atoms. The van der Waals surface area contributed by atoms with Gasteiger partial charge in [-0.2, -0.15) is 5.10 Å². The summed E-state index contributed by atoms with van der Waals surface area (Å²) in [5, 5.41) is 28.9. The summed E-state index contributed by atoms with van der Waals surface area (Å²) < 4.78 is 0. The van der Waals surface area contributed by atoms with E-state index in [2.05, 4.69) is 15.5 Å². The van der Waals surface area contributed by atoms with Crippen LogP contribution in [0.15, 0.2) is 28.4 Å². The highest BCUT2D eigenvalue weighted by atomic mass is 32.2. The monoisotopic (exact) mass is 265 g/mol. The van der Waals surface area contributed by atoms with Crippen LogP contribution in [0, 0.1) is 0 Å². The number of aromatic hydroxyl groups is 2. The maximum absolute atomic E-state index is 11.2. The Hall–Kier alpha value is -2.02. The molecular formula is C11H11N3O3S. The van der Waals surface area contributed by atoms with Gasteiger partial charge in [0, 0.05) is 0 Å². The molecule has 1 fully saturated rings. The van der Waals surface area contributed by atoms with E-state index in [0.717, 1.165) is 0 Å². The van der Waals surface area contributed by atoms with Crippen molar-refractivity contribution >= 4 is 29.1 Å². The zero-order chi connectivity index (χ0) is 13.1. The summed E-state index contributed by atoms with van der Waals surface area (Å²) in [4.78, 5) is 11.2. The number of amidine groups is 1. The fraction of sp³-hybridized carbons (Fsp3) is 0.182. The molecule has 7 heteroatoms. The maximum atomic E-state index is 11.2. The first-order valence-corrected chi connectivity index (χ1v) is 6.05. The lowest BCUT2D eigenvalue weighted by atomic mass is 10.2. The average Bonchev–Trinajstić information content (AvgIpc) is 2.63. The van der Waals surface area contributed by atoms with Gasteiger partial charge in [-0.25, -0.2) is 0 Å². The van der Waals surface area contributed by atoms with Crippen molar-refractivity contribution in [2.75, 3.05) is 0 Å². The number of nitrogens with zero attached hydrogens (tertiary/aromatic N) is 2. The van der Waals surface area contributed by atoms with E-state index in [4.69, 9.17) is 5.11 Å². The smallest absolute Gasteiger partial charge is 0.239 e. The quantitative estimate of drug-likeness (QED) is 0.423. The van der Waals surface area contributed by atoms with Crippen LogP contribution in [0.3, 0.4) is 0 Å². The predicted octanol–water partition coefficient (Wildman–Crippen LogP) is 1.04. The standard InChI is InChI=1S/C11H11N3O3S/c1-6-10(17)13-11(18-6)14-12-5-7-2-3-8(15)9(16)4-7/h2-6,15-16H,1H3,(H,13,14,17)/b12-5-/t6-/m1/s1. The molecule has 1 aromatic rings. The van der Waals surface area contributed by atoms with Crippen LogP contribution in [0.1, 0.15) is 12.5 Å². The number of carbonyl (C=O) groups is 1. The fourth-order valence-electron chi connectivity index (χ4n) is 1.27. The number of carbonyl (C=O) groups excluding carboxylic acids is 1. The summed E-state index contributed by atoms with van der Waals surface area (Å²) in [5.41, 5.74) is 0.594. The Morgan fingerprint density at radius 3 is 2.78 bits per heavy atom. The van der Waals surface area contributed by atoms with Crippen LogP contribution in [0.25, 0.3) is 0 Å². The molecule has 0 unspecified atom stereocenters. The highest BCUT2D eigenvalue weighted by Gasteiger charge is 2.25. The highest BCUT2D eigenvalue weighted by Crippen LogP contribution is 2.24. The van der Waals surface area contributed by atoms with E-state index in [-0.39, 0.29) is 22.7 Å². The van der Waals surface area contributed by atoms with Gasteiger partial charge in [0.15, 0.2) is 16.7 Å². The largest absolute Gasteiger partial charge is 0.504 e. The number of rotatable bonds is 2. The highest BCUT2D eigenvalue weighted by molar-refractivity contribution is 8.15. The van der Waals surface area contributed by atoms with Crippen molar-refractivity contribution in [2.24, 2.45) is 10.2 Å². The number of hydrogen-bond donors (Lipinski definition) is 3. The van der Waals surface area contributed by atoms with Gasteiger partial charge in [0.1, 0.15) is 0 Å². The molecule has 1 aliphatic heterocycles. The van der Waals surface area contributed by atoms with Gasteiger partial charge in [0.2, 0.25) is 5.91 Å². The Bertz CT molecular complexity index is 542. The Balaban J connectivity index is 2.05. The van der Waals surface area contributed by atoms with E-state index in [1.807, 2.05) is 0 Å². The Labute approximate surface area is 107 Å². The minimum Gasteiger partial charge on any atom is -0.504 e. The topological polar surface area (TPSA) is 94.3 Å². The van der Waals surface area contributed by atoms with E-state index in [0.29, 0.717) is 10.7 Å². The SMILES string of the molecule is C[C@H]1SC(=N/N=C\c2ccc(O)c(O)c2)NC1=O. The number of benzene rings is 1. The van der Waals surface area contributed by atoms with Crippen molar-refractivity contribution in [3.8, 4) is 11.5 Å². The van der Waals surface area contributed by atoms with Crippen molar-refractivity contribution in [1.29, 1.82) is 0 Å². The van der Waals surface area contributed by atoms with Gasteiger partial charge in [-0.05, 0) is 30.7 Å². The second-order valence-electron chi connectivity index (χ2n) is 3.65. The zero-order valence-electron chi connectivity index (χ0n) is 9.49. The van der Waals surface area contributed by atoms with Crippen LogP contribution in [-0.2, 0) is 4.79 Å². The summed E-state index contributed by atoms with van der Waals surface area (Å²) in [6.45, 7) is 1.78. The molecule has 18 heavy (non-hydrogen) atoms. The lowest BCUT2D eigenvalue weighted by molar-refractivity contribution is -0.118. The summed E-state index contributed by atoms with van der Waals surface area (Å²) in [6.07, 6.45) is 1.42. The number of phenols is 2. The first kappa shape index (κ1) is 12.4. The van der Waals surface area contributed by atoms with Gasteiger partial charge in [0.05, 0.1) is 11.5 Å². The lowest BCUT2D eigenvalue weighted by Gasteiger charge is -1.97. The van der Waals surface area contributed by atoms with E-state index in [9.17, 15) is 9.90 Å². The molecule has 0 bridgehead atoms. The average molecular weight is 265 g/mol. The third-order valence-corrected chi connectivity index (χ3v) is 3.22. The van der Waals surface area contributed by atoms with Gasteiger partial charge in [-0.3, -0.25) is 4.79 Å². The van der Waals surface area contributed by atoms with Crippen LogP contribution < -0.4 is 5.32 Å². The normalized spacial score (nSPS) is 21.7. The Morgan fingerprint density at radius 2 is 2.17 bits per heavy atom. The second-order valence-corrected chi connectivity index (χ2v) is 4.98. The van der Waals surface area contributed by atoms with E-state index < -0.39 is 0 Å². The van der Waals surface area contributed by atoms with Crippen molar-refractivity contribution in [2.45, 2.75) is 12.2 Å². The molecule has 1 atom stereocenters. The molecular weight excluding hydrogens is 254 g/mol. The van der Waals surface area contributed by atoms with Crippen LogP contribution >= 0.6 is 11.8 Å². The molecule has 1 saturated heterocycles. The first-order chi connectivity index (χ1) is 8.56. The second kappa shape index (κ2) is 5.09. The van der Waals surface area contributed by atoms with Gasteiger partial charge in [-0.1, -0.05) is 11.8 Å². The molecule has 1 aromatic carbocycles. The maximum Gasteiger partial charge on any atom is 0.239 e. The number of hydrogen-bond acceptors (Lipinski definition) is 6. The molecule has 0 radical (unpaired) electrons. The fourth-order valence-corrected chi connectivity index (χ4v) is 2.03. The van der Waals surface area contributed by atoms with Crippen molar-refractivity contribution in [1.82, 2.24) is 5.32 Å². The van der Waals surface area contributed by atoms with Crippen LogP contribution in [0.4, 0.5) is 0 Å². The molecule has 0 aliphatic carbocycles. The minimum atomic E-state index is -0.219. The van der Waals surface area contributed by atoms with E-state index in [1.54, 1.807) is 13.0 Å². The summed E-state index contributed by atoms with van der Waals surface area (Å²) in [6, 6.07) is 4.31. The van der Waals surface area contributed by atoms with Crippen LogP contribution in [0.5, 0.6) is 11.5 Å². The van der Waals surface area contributed by atoms with Crippen molar-refractivity contribution < 1.29 is 15.0 Å². The first-order valence-electron chi connectivity index (χ1n) is 5.17. The Kier molecular flexibility index (Phi) is 3.52. The third kappa shape index (κ3) is 2.80. The van der Waals surface area contributed by atoms with E-state index >= 15 is 0 Å². The molecule has 2 rings (SSSR count). The molecule has 0 aromatic heterocycles. The summed E-state index contributed by atoms with van der Waals surface area (Å²) in [5.74, 6) is -0.495. The van der Waals surface area contributed by atoms with Gasteiger partial charge in [-0.15, -0.1) is 5.10 Å². The molecule has 1 heterocycles. The zero-order valence-corrected chi connectivity index (χ0v) is 10.3. The van der Waals surface area contributed by atoms with Crippen molar-refractivity contribution in [3.05, 3.63) is 23.8 Å². The van der Waals surface area contributed by atoms with Crippen LogP contribution in [-0.4, -0.2) is 32.8 Å². The van der Waals surface area contributed by atoms with Gasteiger partial charge >= 0.3 is 0 Å². The Morgan fingerprint density at radius 1 is 1.39 bits per heavy atom. The number of amides is 1. The van der Waals surface area contributed by atoms with E-state index in [1.165, 1.54) is 30.1 Å². The van der Waals surface area contributed by atoms with Gasteiger partial charge < -0.3 is 15.5 Å². The summed E-state index contributed by atoms with van der Waals surface area (Å²) >= 11 is 1.30. The summed E-state index contributed by atoms with van der Waals surface area (Å²) in [7, 11) is 0. The molecule has 1 amide bonds. The molecule has 6 nitrogen and oxygen atoms in total. The molecule has 94 valence electrons. The molecule has 0 saturated carbocycles. The van der Waals surface area contributed by atoms with Gasteiger partial charge in [0.25, 0.3) is 0 Å². The minimum absolute atomic E-state index is 0.0868. The number of nitrogens with one attached hydrogen (secondary N) is 1. The predicted molar refractivity (Wildman–Crippen MR) is 70.0 cm³/mol. The number of phenolic OH excluding ortho intramolecular Hbond substituents is 2. The lowest BCUT2D eigenvalue weighted by Crippen LogP contribution is -2.23. The molecule has 1 aliphatic rings.